The number of carbonyl (C=O) groups excluding carboxylic acids is 2. The number of nitrogens with one attached hydrogen (secondary N) is 1. The highest BCUT2D eigenvalue weighted by molar-refractivity contribution is 5.92. The van der Waals surface area contributed by atoms with Crippen molar-refractivity contribution >= 4 is 23.3 Å². The summed E-state index contributed by atoms with van der Waals surface area (Å²) in [4.78, 5) is 25.9. The Balaban J connectivity index is 1.51. The highest BCUT2D eigenvalue weighted by atomic mass is 16.5. The van der Waals surface area contributed by atoms with E-state index in [1.54, 1.807) is 18.2 Å². The van der Waals surface area contributed by atoms with E-state index in [1.165, 1.54) is 13.2 Å². The summed E-state index contributed by atoms with van der Waals surface area (Å²) in [5.74, 6) is -0.307. The highest BCUT2D eigenvalue weighted by Crippen LogP contribution is 2.19. The lowest BCUT2D eigenvalue weighted by Gasteiger charge is -2.28. The monoisotopic (exact) mass is 370 g/mol. The minimum Gasteiger partial charge on any atom is -0.484 e. The Labute approximate surface area is 157 Å². The van der Waals surface area contributed by atoms with E-state index < -0.39 is 5.97 Å². The molecule has 3 rings (SSSR count). The number of benzene rings is 2. The van der Waals surface area contributed by atoms with Gasteiger partial charge in [-0.05, 0) is 42.5 Å². The van der Waals surface area contributed by atoms with Gasteiger partial charge < -0.3 is 24.4 Å². The van der Waals surface area contributed by atoms with Gasteiger partial charge in [-0.2, -0.15) is 0 Å². The molecule has 0 aromatic heterocycles. The number of ether oxygens (including phenoxy) is 3. The number of methoxy groups -OCH3 is 1. The Bertz CT molecular complexity index is 785. The third-order valence-corrected chi connectivity index (χ3v) is 4.15. The Morgan fingerprint density at radius 3 is 2.56 bits per heavy atom. The number of morpholine rings is 1. The molecular weight excluding hydrogens is 348 g/mol. The number of anilines is 2. The summed E-state index contributed by atoms with van der Waals surface area (Å²) in [7, 11) is 1.31. The van der Waals surface area contributed by atoms with E-state index in [-0.39, 0.29) is 12.5 Å². The molecule has 27 heavy (non-hydrogen) atoms. The fraction of sp³-hybridized carbons (Fsp3) is 0.300. The van der Waals surface area contributed by atoms with Crippen LogP contribution in [0.2, 0.25) is 0 Å². The van der Waals surface area contributed by atoms with Gasteiger partial charge in [0.05, 0.1) is 25.9 Å². The first-order valence-electron chi connectivity index (χ1n) is 8.69. The fourth-order valence-electron chi connectivity index (χ4n) is 2.75. The molecule has 2 aromatic rings. The molecule has 0 saturated carbocycles. The second kappa shape index (κ2) is 9.05. The van der Waals surface area contributed by atoms with Crippen molar-refractivity contribution < 1.29 is 23.8 Å². The van der Waals surface area contributed by atoms with E-state index in [0.29, 0.717) is 17.0 Å². The summed E-state index contributed by atoms with van der Waals surface area (Å²) < 4.78 is 15.5. The molecule has 1 heterocycles. The topological polar surface area (TPSA) is 77.1 Å². The molecule has 1 aliphatic heterocycles. The first kappa shape index (κ1) is 18.7. The zero-order valence-electron chi connectivity index (χ0n) is 15.1. The van der Waals surface area contributed by atoms with Crippen LogP contribution in [0.3, 0.4) is 0 Å². The van der Waals surface area contributed by atoms with Crippen LogP contribution in [0.25, 0.3) is 0 Å². The van der Waals surface area contributed by atoms with E-state index in [2.05, 4.69) is 15.0 Å². The van der Waals surface area contributed by atoms with Crippen LogP contribution in [0.5, 0.6) is 5.75 Å². The van der Waals surface area contributed by atoms with Gasteiger partial charge >= 0.3 is 5.97 Å². The maximum atomic E-state index is 12.1. The highest BCUT2D eigenvalue weighted by Gasteiger charge is 2.12. The molecule has 0 spiro atoms. The summed E-state index contributed by atoms with van der Waals surface area (Å²) in [6.07, 6.45) is 0. The van der Waals surface area contributed by atoms with E-state index in [9.17, 15) is 9.59 Å². The van der Waals surface area contributed by atoms with Crippen molar-refractivity contribution in [2.75, 3.05) is 50.2 Å². The molecule has 0 aliphatic carbocycles. The molecule has 1 aliphatic rings. The van der Waals surface area contributed by atoms with E-state index in [4.69, 9.17) is 9.47 Å². The second-order valence-electron chi connectivity index (χ2n) is 6.00. The predicted molar refractivity (Wildman–Crippen MR) is 101 cm³/mol. The van der Waals surface area contributed by atoms with Crippen LogP contribution in [0.4, 0.5) is 11.4 Å². The lowest BCUT2D eigenvalue weighted by Crippen LogP contribution is -2.36. The number of hydrogen-bond donors (Lipinski definition) is 1. The van der Waals surface area contributed by atoms with Crippen LogP contribution in [0.15, 0.2) is 48.5 Å². The van der Waals surface area contributed by atoms with Crippen LogP contribution in [-0.4, -0.2) is 51.9 Å². The number of esters is 1. The maximum absolute atomic E-state index is 12.1. The zero-order chi connectivity index (χ0) is 19.1. The van der Waals surface area contributed by atoms with Gasteiger partial charge in [0.15, 0.2) is 6.61 Å². The summed E-state index contributed by atoms with van der Waals surface area (Å²) in [6.45, 7) is 3.03. The molecule has 2 aromatic carbocycles. The lowest BCUT2D eigenvalue weighted by atomic mass is 10.2. The molecule has 1 fully saturated rings. The van der Waals surface area contributed by atoms with Crippen molar-refractivity contribution in [3.8, 4) is 5.75 Å². The summed E-state index contributed by atoms with van der Waals surface area (Å²) >= 11 is 0. The third kappa shape index (κ3) is 5.21. The SMILES string of the molecule is COC(=O)c1cccc(OCC(=O)Nc2ccc(N3CCOCC3)cc2)c1. The Morgan fingerprint density at radius 2 is 1.85 bits per heavy atom. The van der Waals surface area contributed by atoms with Gasteiger partial charge in [-0.25, -0.2) is 4.79 Å². The standard InChI is InChI=1S/C20H22N2O5/c1-25-20(24)15-3-2-4-18(13-15)27-14-19(23)21-16-5-7-17(8-6-16)22-9-11-26-12-10-22/h2-8,13H,9-12,14H2,1H3,(H,21,23). The van der Waals surface area contributed by atoms with Gasteiger partial charge in [0.25, 0.3) is 5.91 Å². The number of rotatable bonds is 6. The summed E-state index contributed by atoms with van der Waals surface area (Å²) in [6, 6.07) is 14.2. The number of carbonyl (C=O) groups is 2. The molecule has 1 N–H and O–H groups in total. The smallest absolute Gasteiger partial charge is 0.337 e. The minimum atomic E-state index is -0.453. The average Bonchev–Trinajstić information content (AvgIpc) is 2.73. The van der Waals surface area contributed by atoms with E-state index in [0.717, 1.165) is 32.0 Å². The molecule has 7 nitrogen and oxygen atoms in total. The third-order valence-electron chi connectivity index (χ3n) is 4.15. The average molecular weight is 370 g/mol. The largest absolute Gasteiger partial charge is 0.484 e. The summed E-state index contributed by atoms with van der Waals surface area (Å²) in [5.41, 5.74) is 2.17. The van der Waals surface area contributed by atoms with Gasteiger partial charge in [-0.1, -0.05) is 6.07 Å². The van der Waals surface area contributed by atoms with Crippen molar-refractivity contribution in [1.82, 2.24) is 0 Å². The first-order valence-corrected chi connectivity index (χ1v) is 8.69. The van der Waals surface area contributed by atoms with Gasteiger partial charge in [0, 0.05) is 24.5 Å². The number of amides is 1. The Morgan fingerprint density at radius 1 is 1.11 bits per heavy atom. The molecule has 142 valence electrons. The van der Waals surface area contributed by atoms with Gasteiger partial charge in [-0.15, -0.1) is 0 Å². The van der Waals surface area contributed by atoms with Crippen molar-refractivity contribution in [1.29, 1.82) is 0 Å². The molecule has 1 amide bonds. The molecule has 0 radical (unpaired) electrons. The Kier molecular flexibility index (Phi) is 6.27. The zero-order valence-corrected chi connectivity index (χ0v) is 15.1. The molecule has 1 saturated heterocycles. The lowest BCUT2D eigenvalue weighted by molar-refractivity contribution is -0.118. The van der Waals surface area contributed by atoms with Crippen molar-refractivity contribution in [3.63, 3.8) is 0 Å². The first-order chi connectivity index (χ1) is 13.2. The molecule has 7 heteroatoms. The van der Waals surface area contributed by atoms with Crippen molar-refractivity contribution in [2.45, 2.75) is 0 Å². The van der Waals surface area contributed by atoms with Crippen molar-refractivity contribution in [3.05, 3.63) is 54.1 Å². The second-order valence-corrected chi connectivity index (χ2v) is 6.00. The van der Waals surface area contributed by atoms with Gasteiger partial charge in [-0.3, -0.25) is 4.79 Å². The molecular formula is C20H22N2O5. The minimum absolute atomic E-state index is 0.157. The maximum Gasteiger partial charge on any atom is 0.337 e. The van der Waals surface area contributed by atoms with E-state index >= 15 is 0 Å². The molecule has 0 unspecified atom stereocenters. The number of nitrogens with zero attached hydrogens (tertiary/aromatic N) is 1. The Hall–Kier alpha value is -3.06. The summed E-state index contributed by atoms with van der Waals surface area (Å²) in [5, 5.41) is 2.79. The normalized spacial score (nSPS) is 13.7. The van der Waals surface area contributed by atoms with Gasteiger partial charge in [0.2, 0.25) is 0 Å². The van der Waals surface area contributed by atoms with Gasteiger partial charge in [0.1, 0.15) is 5.75 Å². The quantitative estimate of drug-likeness (QED) is 0.787. The van der Waals surface area contributed by atoms with Crippen LogP contribution < -0.4 is 15.0 Å². The number of hydrogen-bond acceptors (Lipinski definition) is 6. The van der Waals surface area contributed by atoms with Crippen molar-refractivity contribution in [2.24, 2.45) is 0 Å². The van der Waals surface area contributed by atoms with Crippen LogP contribution in [0, 0.1) is 0 Å². The van der Waals surface area contributed by atoms with Crippen LogP contribution in [-0.2, 0) is 14.3 Å². The molecule has 0 bridgehead atoms. The van der Waals surface area contributed by atoms with E-state index in [1.807, 2.05) is 24.3 Å². The van der Waals surface area contributed by atoms with Crippen LogP contribution >= 0.6 is 0 Å². The predicted octanol–water partition coefficient (Wildman–Crippen LogP) is 2.33. The molecule has 0 atom stereocenters. The van der Waals surface area contributed by atoms with Crippen LogP contribution in [0.1, 0.15) is 10.4 Å². The fourth-order valence-corrected chi connectivity index (χ4v) is 2.75.